The maximum Gasteiger partial charge on any atom is 0.211 e. The molecule has 104 valence electrons. The van der Waals surface area contributed by atoms with Crippen LogP contribution in [0.2, 0.25) is 0 Å². The molecule has 0 bridgehead atoms. The van der Waals surface area contributed by atoms with Crippen LogP contribution in [-0.4, -0.2) is 49.1 Å². The molecule has 2 N–H and O–H groups in total. The average Bonchev–Trinajstić information content (AvgIpc) is 2.19. The molecular weight excluding hydrogens is 261 g/mol. The highest BCUT2D eigenvalue weighted by Crippen LogP contribution is 2.28. The number of carbonyl (C=O) groups is 1. The molecule has 0 heterocycles. The fourth-order valence-electron chi connectivity index (χ4n) is 2.14. The Morgan fingerprint density at radius 2 is 1.65 bits per heavy atom. The van der Waals surface area contributed by atoms with E-state index < -0.39 is 0 Å². The van der Waals surface area contributed by atoms with Crippen LogP contribution in [0.15, 0.2) is 0 Å². The van der Waals surface area contributed by atoms with Gasteiger partial charge in [0.1, 0.15) is 0 Å². The van der Waals surface area contributed by atoms with E-state index in [9.17, 15) is 4.79 Å². The number of nitrogens with two attached hydrogens (primary N) is 1. The summed E-state index contributed by atoms with van der Waals surface area (Å²) in [6.45, 7) is 1.60. The van der Waals surface area contributed by atoms with Crippen LogP contribution in [0.25, 0.3) is 0 Å². The topological polar surface area (TPSA) is 49.6 Å². The lowest BCUT2D eigenvalue weighted by molar-refractivity contribution is -0.125. The van der Waals surface area contributed by atoms with E-state index in [0.717, 1.165) is 45.2 Å². The first kappa shape index (κ1) is 19.3. The van der Waals surface area contributed by atoms with E-state index in [-0.39, 0.29) is 30.5 Å². The highest BCUT2D eigenvalue weighted by Gasteiger charge is 2.32. The van der Waals surface area contributed by atoms with Crippen molar-refractivity contribution in [2.45, 2.75) is 37.8 Å². The van der Waals surface area contributed by atoms with E-state index in [1.54, 1.807) is 4.90 Å². The zero-order chi connectivity index (χ0) is 11.3. The van der Waals surface area contributed by atoms with Gasteiger partial charge in [0.2, 0.25) is 6.41 Å². The Morgan fingerprint density at radius 1 is 1.12 bits per heavy atom. The van der Waals surface area contributed by atoms with Gasteiger partial charge >= 0.3 is 0 Å². The molecule has 17 heavy (non-hydrogen) atoms. The molecule has 1 saturated carbocycles. The third-order valence-electron chi connectivity index (χ3n) is 3.21. The number of rotatable bonds is 5. The van der Waals surface area contributed by atoms with Gasteiger partial charge in [-0.05, 0) is 39.8 Å². The molecule has 1 aliphatic rings. The summed E-state index contributed by atoms with van der Waals surface area (Å²) >= 11 is 0. The van der Waals surface area contributed by atoms with Crippen molar-refractivity contribution in [2.75, 3.05) is 27.2 Å². The average molecular weight is 286 g/mol. The van der Waals surface area contributed by atoms with E-state index in [2.05, 4.69) is 4.90 Å². The predicted molar refractivity (Wildman–Crippen MR) is 75.8 cm³/mol. The Labute approximate surface area is 117 Å². The van der Waals surface area contributed by atoms with Gasteiger partial charge < -0.3 is 15.5 Å². The monoisotopic (exact) mass is 285 g/mol. The highest BCUT2D eigenvalue weighted by atomic mass is 35.5. The zero-order valence-corrected chi connectivity index (χ0v) is 12.4. The second-order valence-corrected chi connectivity index (χ2v) is 4.77. The Bertz CT molecular complexity index is 209. The number of halogens is 2. The van der Waals surface area contributed by atoms with Crippen molar-refractivity contribution < 1.29 is 4.79 Å². The summed E-state index contributed by atoms with van der Waals surface area (Å²) in [6.07, 6.45) is 6.33. The largest absolute Gasteiger partial charge is 0.326 e. The Morgan fingerprint density at radius 3 is 2.06 bits per heavy atom. The molecule has 6 heteroatoms. The normalized spacial score (nSPS) is 17.9. The smallest absolute Gasteiger partial charge is 0.211 e. The highest BCUT2D eigenvalue weighted by molar-refractivity contribution is 5.85. The number of amides is 1. The summed E-state index contributed by atoms with van der Waals surface area (Å²) in [5.41, 5.74) is 5.90. The maximum absolute atomic E-state index is 11.0. The van der Waals surface area contributed by atoms with Crippen LogP contribution in [0.3, 0.4) is 0 Å². The molecular formula is C11H25Cl2N3O. The van der Waals surface area contributed by atoms with E-state index in [1.165, 1.54) is 6.42 Å². The van der Waals surface area contributed by atoms with Gasteiger partial charge in [0.15, 0.2) is 0 Å². The summed E-state index contributed by atoms with van der Waals surface area (Å²) < 4.78 is 0. The number of hydrogen-bond donors (Lipinski definition) is 1. The van der Waals surface area contributed by atoms with Crippen molar-refractivity contribution in [1.82, 2.24) is 9.80 Å². The molecule has 0 saturated heterocycles. The first-order chi connectivity index (χ1) is 7.08. The van der Waals surface area contributed by atoms with Crippen molar-refractivity contribution in [2.24, 2.45) is 5.73 Å². The van der Waals surface area contributed by atoms with Crippen LogP contribution < -0.4 is 5.73 Å². The molecule has 0 aromatic carbocycles. The van der Waals surface area contributed by atoms with Gasteiger partial charge in [0.05, 0.1) is 5.66 Å². The van der Waals surface area contributed by atoms with Crippen LogP contribution in [-0.2, 0) is 4.79 Å². The fraction of sp³-hybridized carbons (Fsp3) is 0.909. The van der Waals surface area contributed by atoms with E-state index in [4.69, 9.17) is 5.73 Å². The molecule has 1 aliphatic carbocycles. The van der Waals surface area contributed by atoms with Crippen molar-refractivity contribution in [3.63, 3.8) is 0 Å². The Hall–Kier alpha value is -0.0300. The molecule has 1 fully saturated rings. The summed E-state index contributed by atoms with van der Waals surface area (Å²) in [4.78, 5) is 14.9. The lowest BCUT2D eigenvalue weighted by Gasteiger charge is -2.41. The van der Waals surface area contributed by atoms with E-state index in [0.29, 0.717) is 0 Å². The molecule has 0 radical (unpaired) electrons. The van der Waals surface area contributed by atoms with Crippen LogP contribution in [0.5, 0.6) is 0 Å². The van der Waals surface area contributed by atoms with Crippen LogP contribution in [0, 0.1) is 0 Å². The van der Waals surface area contributed by atoms with Crippen molar-refractivity contribution in [3.05, 3.63) is 0 Å². The van der Waals surface area contributed by atoms with Crippen molar-refractivity contribution in [1.29, 1.82) is 0 Å². The predicted octanol–water partition coefficient (Wildman–Crippen LogP) is 1.47. The molecule has 0 atom stereocenters. The third kappa shape index (κ3) is 5.91. The second kappa shape index (κ2) is 8.97. The molecule has 0 aromatic heterocycles. The molecule has 1 amide bonds. The second-order valence-electron chi connectivity index (χ2n) is 4.77. The molecule has 0 unspecified atom stereocenters. The van der Waals surface area contributed by atoms with Crippen molar-refractivity contribution in [3.8, 4) is 0 Å². The molecule has 0 aromatic rings. The van der Waals surface area contributed by atoms with Gasteiger partial charge in [0, 0.05) is 13.1 Å². The first-order valence-electron chi connectivity index (χ1n) is 5.74. The number of likely N-dealkylation sites (N-methyl/N-ethyl adjacent to an activating group) is 1. The minimum atomic E-state index is -0.379. The standard InChI is InChI=1S/C11H23N3O.2ClH/c1-13(2)8-9-14(10-15)11(12)6-4-3-5-7-11;;/h10H,3-9,12H2,1-2H3;2*1H. The molecule has 0 spiro atoms. The fourth-order valence-corrected chi connectivity index (χ4v) is 2.14. The summed E-state index contributed by atoms with van der Waals surface area (Å²) in [7, 11) is 4.01. The Balaban J connectivity index is 0. The molecule has 4 nitrogen and oxygen atoms in total. The first-order valence-corrected chi connectivity index (χ1v) is 5.74. The SMILES string of the molecule is CN(C)CCN(C=O)C1(N)CCCCC1.Cl.Cl. The lowest BCUT2D eigenvalue weighted by Crippen LogP contribution is -2.57. The zero-order valence-electron chi connectivity index (χ0n) is 10.7. The molecule has 1 rings (SSSR count). The summed E-state index contributed by atoms with van der Waals surface area (Å²) in [5.74, 6) is 0. The van der Waals surface area contributed by atoms with Crippen LogP contribution >= 0.6 is 24.8 Å². The van der Waals surface area contributed by atoms with Gasteiger partial charge in [-0.15, -0.1) is 24.8 Å². The van der Waals surface area contributed by atoms with Gasteiger partial charge in [0.25, 0.3) is 0 Å². The number of nitrogens with zero attached hydrogens (tertiary/aromatic N) is 2. The van der Waals surface area contributed by atoms with Gasteiger partial charge in [-0.1, -0.05) is 6.42 Å². The quantitative estimate of drug-likeness (QED) is 0.615. The Kier molecular flexibility index (Phi) is 10.2. The number of hydrogen-bond acceptors (Lipinski definition) is 3. The van der Waals surface area contributed by atoms with Crippen LogP contribution in [0.4, 0.5) is 0 Å². The minimum Gasteiger partial charge on any atom is -0.326 e. The minimum absolute atomic E-state index is 0. The van der Waals surface area contributed by atoms with E-state index in [1.807, 2.05) is 14.1 Å². The third-order valence-corrected chi connectivity index (χ3v) is 3.21. The maximum atomic E-state index is 11.0. The van der Waals surface area contributed by atoms with Gasteiger partial charge in [-0.25, -0.2) is 0 Å². The molecule has 0 aliphatic heterocycles. The summed E-state index contributed by atoms with van der Waals surface area (Å²) in [5, 5.41) is 0. The number of carbonyl (C=O) groups excluding carboxylic acids is 1. The lowest BCUT2D eigenvalue weighted by atomic mass is 9.88. The van der Waals surface area contributed by atoms with Gasteiger partial charge in [-0.2, -0.15) is 0 Å². The van der Waals surface area contributed by atoms with Crippen LogP contribution in [0.1, 0.15) is 32.1 Å². The van der Waals surface area contributed by atoms with E-state index >= 15 is 0 Å². The summed E-state index contributed by atoms with van der Waals surface area (Å²) in [6, 6.07) is 0. The van der Waals surface area contributed by atoms with Gasteiger partial charge in [-0.3, -0.25) is 4.79 Å². The van der Waals surface area contributed by atoms with Crippen molar-refractivity contribution >= 4 is 31.2 Å².